The summed E-state index contributed by atoms with van der Waals surface area (Å²) in [5.41, 5.74) is 0.406. The zero-order valence-corrected chi connectivity index (χ0v) is 18.5. The number of esters is 1. The van der Waals surface area contributed by atoms with E-state index in [0.717, 1.165) is 56.7 Å². The molecule has 0 aromatic rings. The Balaban J connectivity index is 4.48. The van der Waals surface area contributed by atoms with Crippen molar-refractivity contribution in [1.29, 1.82) is 0 Å². The first kappa shape index (κ1) is 24.9. The molecule has 0 aliphatic rings. The van der Waals surface area contributed by atoms with Crippen LogP contribution in [-0.4, -0.2) is 26.9 Å². The molecule has 0 bridgehead atoms. The van der Waals surface area contributed by atoms with Crippen LogP contribution in [0, 0.1) is 0 Å². The lowest BCUT2D eigenvalue weighted by Gasteiger charge is -2.31. The van der Waals surface area contributed by atoms with Crippen LogP contribution >= 0.6 is 0 Å². The van der Waals surface area contributed by atoms with Gasteiger partial charge in [0.15, 0.2) is 0 Å². The van der Waals surface area contributed by atoms with Gasteiger partial charge in [-0.2, -0.15) is 0 Å². The monoisotopic (exact) mass is 384 g/mol. The van der Waals surface area contributed by atoms with Crippen molar-refractivity contribution in [3.63, 3.8) is 0 Å². The second-order valence-corrected chi connectivity index (χ2v) is 11.4. The number of carbonyl (C=O) groups excluding carboxylic acids is 2. The fraction of sp³-hybridized carbons (Fsp3) is 0.810. The van der Waals surface area contributed by atoms with E-state index in [1.54, 1.807) is 6.92 Å². The van der Waals surface area contributed by atoms with E-state index in [9.17, 15) is 9.59 Å². The van der Waals surface area contributed by atoms with Gasteiger partial charge in [0.05, 0.1) is 6.61 Å². The van der Waals surface area contributed by atoms with Crippen molar-refractivity contribution in [2.75, 3.05) is 6.61 Å². The molecule has 0 saturated carbocycles. The summed E-state index contributed by atoms with van der Waals surface area (Å²) in [7, 11) is -1.97. The van der Waals surface area contributed by atoms with E-state index in [0.29, 0.717) is 31.4 Å². The molecule has 0 atom stereocenters. The molecule has 0 aliphatic heterocycles. The quantitative estimate of drug-likeness (QED) is 0.138. The maximum Gasteiger partial charge on any atom is 0.333 e. The van der Waals surface area contributed by atoms with Crippen molar-refractivity contribution in [2.45, 2.75) is 104 Å². The van der Waals surface area contributed by atoms with Crippen LogP contribution in [-0.2, 0) is 18.8 Å². The second kappa shape index (κ2) is 15.0. The topological polar surface area (TPSA) is 52.6 Å². The van der Waals surface area contributed by atoms with Crippen molar-refractivity contribution in [1.82, 2.24) is 0 Å². The normalized spacial score (nSPS) is 11.2. The highest BCUT2D eigenvalue weighted by atomic mass is 28.4. The highest BCUT2D eigenvalue weighted by Crippen LogP contribution is 2.30. The lowest BCUT2D eigenvalue weighted by Crippen LogP contribution is -2.40. The van der Waals surface area contributed by atoms with Gasteiger partial charge in [-0.3, -0.25) is 4.79 Å². The Morgan fingerprint density at radius 3 is 1.77 bits per heavy atom. The van der Waals surface area contributed by atoms with Gasteiger partial charge < -0.3 is 9.16 Å². The Hall–Kier alpha value is -1.10. The first-order valence-corrected chi connectivity index (χ1v) is 13.0. The van der Waals surface area contributed by atoms with Crippen LogP contribution in [0.15, 0.2) is 12.2 Å². The summed E-state index contributed by atoms with van der Waals surface area (Å²) in [4.78, 5) is 23.8. The molecule has 0 radical (unpaired) electrons. The minimum Gasteiger partial charge on any atom is -0.519 e. The molecular weight excluding hydrogens is 344 g/mol. The van der Waals surface area contributed by atoms with Crippen LogP contribution in [0.3, 0.4) is 0 Å². The Kier molecular flexibility index (Phi) is 14.4. The third-order valence-corrected chi connectivity index (χ3v) is 9.10. The van der Waals surface area contributed by atoms with Crippen LogP contribution in [0.4, 0.5) is 0 Å². The molecule has 0 amide bonds. The number of rotatable bonds is 16. The molecule has 0 fully saturated rings. The molecule has 5 heteroatoms. The maximum absolute atomic E-state index is 12.4. The summed E-state index contributed by atoms with van der Waals surface area (Å²) in [5.74, 6) is -0.413. The van der Waals surface area contributed by atoms with Gasteiger partial charge in [0.2, 0.25) is 0 Å². The number of unbranched alkanes of at least 4 members (excludes halogenated alkanes) is 4. The molecule has 4 nitrogen and oxygen atoms in total. The SMILES string of the molecule is C=C(C)C(=O)OCCCCC(=O)O[Si](CCCC)(CCCC)CCCC. The predicted molar refractivity (Wildman–Crippen MR) is 111 cm³/mol. The molecule has 0 saturated heterocycles. The van der Waals surface area contributed by atoms with Gasteiger partial charge in [0.25, 0.3) is 14.3 Å². The highest BCUT2D eigenvalue weighted by molar-refractivity contribution is 6.75. The van der Waals surface area contributed by atoms with Crippen molar-refractivity contribution in [3.8, 4) is 0 Å². The van der Waals surface area contributed by atoms with E-state index in [-0.39, 0.29) is 11.9 Å². The van der Waals surface area contributed by atoms with Gasteiger partial charge >= 0.3 is 5.97 Å². The van der Waals surface area contributed by atoms with Crippen molar-refractivity contribution in [2.24, 2.45) is 0 Å². The third-order valence-electron chi connectivity index (χ3n) is 4.65. The van der Waals surface area contributed by atoms with E-state index in [1.807, 2.05) is 0 Å². The molecule has 0 heterocycles. The van der Waals surface area contributed by atoms with Gasteiger partial charge in [-0.25, -0.2) is 4.79 Å². The average Bonchev–Trinajstić information content (AvgIpc) is 2.62. The maximum atomic E-state index is 12.4. The summed E-state index contributed by atoms with van der Waals surface area (Å²) in [6.07, 6.45) is 8.72. The van der Waals surface area contributed by atoms with Crippen LogP contribution < -0.4 is 0 Å². The highest BCUT2D eigenvalue weighted by Gasteiger charge is 2.36. The van der Waals surface area contributed by atoms with Crippen LogP contribution in [0.1, 0.15) is 85.5 Å². The Labute approximate surface area is 161 Å². The van der Waals surface area contributed by atoms with Crippen molar-refractivity contribution >= 4 is 20.3 Å². The third kappa shape index (κ3) is 11.5. The minimum atomic E-state index is -1.97. The Morgan fingerprint density at radius 1 is 0.846 bits per heavy atom. The zero-order chi connectivity index (χ0) is 19.8. The fourth-order valence-electron chi connectivity index (χ4n) is 2.98. The Morgan fingerprint density at radius 2 is 1.35 bits per heavy atom. The number of ether oxygens (including phenoxy) is 1. The molecule has 0 N–H and O–H groups in total. The average molecular weight is 385 g/mol. The van der Waals surface area contributed by atoms with Crippen molar-refractivity contribution in [3.05, 3.63) is 12.2 Å². The smallest absolute Gasteiger partial charge is 0.333 e. The zero-order valence-electron chi connectivity index (χ0n) is 17.5. The van der Waals surface area contributed by atoms with Crippen LogP contribution in [0.25, 0.3) is 0 Å². The summed E-state index contributed by atoms with van der Waals surface area (Å²) in [6.45, 7) is 12.1. The lowest BCUT2D eigenvalue weighted by atomic mass is 10.2. The van der Waals surface area contributed by atoms with Gasteiger partial charge in [-0.05, 0) is 37.9 Å². The van der Waals surface area contributed by atoms with E-state index >= 15 is 0 Å². The molecule has 0 aliphatic carbocycles. The molecule has 152 valence electrons. The van der Waals surface area contributed by atoms with Gasteiger partial charge in [-0.15, -0.1) is 0 Å². The van der Waals surface area contributed by atoms with Gasteiger partial charge in [-0.1, -0.05) is 65.9 Å². The van der Waals surface area contributed by atoms with Crippen molar-refractivity contribution < 1.29 is 18.8 Å². The first-order chi connectivity index (χ1) is 12.4. The lowest BCUT2D eigenvalue weighted by molar-refractivity contribution is -0.139. The summed E-state index contributed by atoms with van der Waals surface area (Å²) >= 11 is 0. The summed E-state index contributed by atoms with van der Waals surface area (Å²) in [6, 6.07) is 3.31. The Bertz CT molecular complexity index is 398. The minimum absolute atomic E-state index is 0.0498. The second-order valence-electron chi connectivity index (χ2n) is 7.34. The van der Waals surface area contributed by atoms with E-state index < -0.39 is 8.32 Å². The molecule has 0 spiro atoms. The number of carbonyl (C=O) groups is 2. The molecule has 26 heavy (non-hydrogen) atoms. The van der Waals surface area contributed by atoms with Gasteiger partial charge in [0, 0.05) is 12.0 Å². The van der Waals surface area contributed by atoms with Gasteiger partial charge in [0.1, 0.15) is 0 Å². The molecule has 0 aromatic carbocycles. The number of hydrogen-bond donors (Lipinski definition) is 0. The van der Waals surface area contributed by atoms with E-state index in [1.165, 1.54) is 0 Å². The van der Waals surface area contributed by atoms with Crippen LogP contribution in [0.2, 0.25) is 18.1 Å². The fourth-order valence-corrected chi connectivity index (χ4v) is 7.61. The molecule has 0 unspecified atom stereocenters. The summed E-state index contributed by atoms with van der Waals surface area (Å²) in [5, 5.41) is 0. The molecule has 0 aromatic heterocycles. The molecule has 0 rings (SSSR count). The van der Waals surface area contributed by atoms with E-state index in [4.69, 9.17) is 9.16 Å². The summed E-state index contributed by atoms with van der Waals surface area (Å²) < 4.78 is 11.3. The predicted octanol–water partition coefficient (Wildman–Crippen LogP) is 6.17. The standard InChI is InChI=1S/C21H40O4Si/c1-6-9-16-26(17-10-7-2,18-11-8-3)25-20(22)14-12-13-15-24-21(23)19(4)5/h4,6-18H2,1-3,5H3. The largest absolute Gasteiger partial charge is 0.519 e. The van der Waals surface area contributed by atoms with Crippen LogP contribution in [0.5, 0.6) is 0 Å². The number of hydrogen-bond acceptors (Lipinski definition) is 4. The first-order valence-electron chi connectivity index (χ1n) is 10.4. The molecular formula is C21H40O4Si. The van der Waals surface area contributed by atoms with E-state index in [2.05, 4.69) is 27.4 Å².